The molecule has 0 aliphatic carbocycles. The number of halogens is 1. The first-order valence-electron chi connectivity index (χ1n) is 6.42. The van der Waals surface area contributed by atoms with Gasteiger partial charge in [0, 0.05) is 11.4 Å². The maximum absolute atomic E-state index is 11.8. The number of amides is 1. The Morgan fingerprint density at radius 1 is 1.40 bits per heavy atom. The van der Waals surface area contributed by atoms with Gasteiger partial charge in [0.1, 0.15) is 0 Å². The molecule has 0 aliphatic rings. The van der Waals surface area contributed by atoms with Crippen molar-refractivity contribution in [3.05, 3.63) is 40.7 Å². The van der Waals surface area contributed by atoms with Gasteiger partial charge >= 0.3 is 0 Å². The minimum absolute atomic E-state index is 0.0173. The summed E-state index contributed by atoms with van der Waals surface area (Å²) in [6, 6.07) is 7.42. The zero-order valence-electron chi connectivity index (χ0n) is 11.1. The molecule has 1 heterocycles. The number of aromatic nitrogens is 4. The molecule has 0 saturated carbocycles. The highest BCUT2D eigenvalue weighted by Crippen LogP contribution is 2.12. The van der Waals surface area contributed by atoms with E-state index in [0.29, 0.717) is 12.2 Å². The third-order valence-corrected chi connectivity index (χ3v) is 3.16. The molecule has 0 unspecified atom stereocenters. The van der Waals surface area contributed by atoms with Crippen molar-refractivity contribution in [3.8, 4) is 0 Å². The van der Waals surface area contributed by atoms with E-state index in [-0.39, 0.29) is 11.9 Å². The van der Waals surface area contributed by atoms with E-state index in [1.54, 1.807) is 0 Å². The predicted octanol–water partition coefficient (Wildman–Crippen LogP) is 2.05. The Bertz CT molecular complexity index is 540. The highest BCUT2D eigenvalue weighted by Gasteiger charge is 2.12. The smallest absolute Gasteiger partial charge is 0.220 e. The lowest BCUT2D eigenvalue weighted by Crippen LogP contribution is -2.27. The van der Waals surface area contributed by atoms with Crippen LogP contribution < -0.4 is 5.32 Å². The van der Waals surface area contributed by atoms with Crippen molar-refractivity contribution in [2.75, 3.05) is 0 Å². The number of nitrogens with zero attached hydrogens (tertiary/aromatic N) is 3. The van der Waals surface area contributed by atoms with Crippen LogP contribution in [0.15, 0.2) is 24.3 Å². The molecule has 7 heteroatoms. The van der Waals surface area contributed by atoms with Crippen LogP contribution >= 0.6 is 11.6 Å². The molecule has 106 valence electrons. The standard InChI is InChI=1S/C13H16ClN5O/c1-9(13-16-18-19-17-13)15-12(20)4-2-3-10-5-7-11(14)8-6-10/h5-9H,2-4H2,1H3,(H,15,20)(H,16,17,18,19)/t9-/m0/s1. The molecule has 20 heavy (non-hydrogen) atoms. The lowest BCUT2D eigenvalue weighted by atomic mass is 10.1. The number of carbonyl (C=O) groups excluding carboxylic acids is 1. The molecule has 0 bridgehead atoms. The van der Waals surface area contributed by atoms with Gasteiger partial charge in [0.15, 0.2) is 5.82 Å². The van der Waals surface area contributed by atoms with E-state index >= 15 is 0 Å². The molecule has 6 nitrogen and oxygen atoms in total. The van der Waals surface area contributed by atoms with E-state index in [4.69, 9.17) is 11.6 Å². The molecule has 0 saturated heterocycles. The number of nitrogens with one attached hydrogen (secondary N) is 2. The van der Waals surface area contributed by atoms with Crippen LogP contribution in [0.5, 0.6) is 0 Å². The Hall–Kier alpha value is -1.95. The van der Waals surface area contributed by atoms with Crippen LogP contribution in [0.25, 0.3) is 0 Å². The van der Waals surface area contributed by atoms with Crippen LogP contribution in [0.3, 0.4) is 0 Å². The highest BCUT2D eigenvalue weighted by molar-refractivity contribution is 6.30. The second kappa shape index (κ2) is 7.00. The number of rotatable bonds is 6. The number of H-pyrrole nitrogens is 1. The van der Waals surface area contributed by atoms with E-state index in [1.807, 2.05) is 31.2 Å². The Morgan fingerprint density at radius 3 is 2.80 bits per heavy atom. The van der Waals surface area contributed by atoms with Gasteiger partial charge in [0.05, 0.1) is 6.04 Å². The molecule has 2 N–H and O–H groups in total. The summed E-state index contributed by atoms with van der Waals surface area (Å²) in [5, 5.41) is 17.0. The monoisotopic (exact) mass is 293 g/mol. The Labute approximate surface area is 121 Å². The number of hydrogen-bond acceptors (Lipinski definition) is 4. The maximum atomic E-state index is 11.8. The summed E-state index contributed by atoms with van der Waals surface area (Å²) in [6.07, 6.45) is 2.10. The van der Waals surface area contributed by atoms with Crippen LogP contribution in [-0.4, -0.2) is 26.5 Å². The average molecular weight is 294 g/mol. The number of aromatic amines is 1. The first-order valence-corrected chi connectivity index (χ1v) is 6.80. The SMILES string of the molecule is C[C@H](NC(=O)CCCc1ccc(Cl)cc1)c1nn[nH]n1. The van der Waals surface area contributed by atoms with Gasteiger partial charge in [-0.3, -0.25) is 4.79 Å². The molecule has 0 fully saturated rings. The zero-order valence-corrected chi connectivity index (χ0v) is 11.9. The minimum atomic E-state index is -0.239. The third kappa shape index (κ3) is 4.31. The molecule has 0 spiro atoms. The molecule has 1 amide bonds. The molecule has 0 aliphatic heterocycles. The van der Waals surface area contributed by atoms with Crippen LogP contribution in [0.4, 0.5) is 0 Å². The molecule has 1 atom stereocenters. The number of aryl methyl sites for hydroxylation is 1. The van der Waals surface area contributed by atoms with E-state index in [2.05, 4.69) is 25.9 Å². The van der Waals surface area contributed by atoms with Gasteiger partial charge in [0.25, 0.3) is 0 Å². The van der Waals surface area contributed by atoms with E-state index in [9.17, 15) is 4.79 Å². The van der Waals surface area contributed by atoms with E-state index in [1.165, 1.54) is 5.56 Å². The van der Waals surface area contributed by atoms with Crippen molar-refractivity contribution >= 4 is 17.5 Å². The maximum Gasteiger partial charge on any atom is 0.220 e. The Kier molecular flexibility index (Phi) is 5.06. The normalized spacial score (nSPS) is 12.1. The number of benzene rings is 1. The van der Waals surface area contributed by atoms with Crippen LogP contribution in [-0.2, 0) is 11.2 Å². The first-order chi connectivity index (χ1) is 9.65. The van der Waals surface area contributed by atoms with Crippen molar-refractivity contribution in [2.45, 2.75) is 32.2 Å². The van der Waals surface area contributed by atoms with Gasteiger partial charge in [-0.2, -0.15) is 5.21 Å². The fourth-order valence-electron chi connectivity index (χ4n) is 1.84. The number of tetrazole rings is 1. The topological polar surface area (TPSA) is 83.6 Å². The lowest BCUT2D eigenvalue weighted by Gasteiger charge is -2.09. The highest BCUT2D eigenvalue weighted by atomic mass is 35.5. The zero-order chi connectivity index (χ0) is 14.4. The van der Waals surface area contributed by atoms with E-state index < -0.39 is 0 Å². The number of hydrogen-bond donors (Lipinski definition) is 2. The third-order valence-electron chi connectivity index (χ3n) is 2.91. The lowest BCUT2D eigenvalue weighted by molar-refractivity contribution is -0.121. The van der Waals surface area contributed by atoms with Gasteiger partial charge in [0.2, 0.25) is 5.91 Å². The van der Waals surface area contributed by atoms with Gasteiger partial charge in [-0.15, -0.1) is 10.2 Å². The predicted molar refractivity (Wildman–Crippen MR) is 75.1 cm³/mol. The summed E-state index contributed by atoms with van der Waals surface area (Å²) >= 11 is 5.82. The molecule has 0 radical (unpaired) electrons. The Morgan fingerprint density at radius 2 is 2.15 bits per heavy atom. The second-order valence-electron chi connectivity index (χ2n) is 4.54. The van der Waals surface area contributed by atoms with Crippen LogP contribution in [0.1, 0.15) is 37.2 Å². The fraction of sp³-hybridized carbons (Fsp3) is 0.385. The molecule has 2 rings (SSSR count). The van der Waals surface area contributed by atoms with Crippen molar-refractivity contribution in [3.63, 3.8) is 0 Å². The summed E-state index contributed by atoms with van der Waals surface area (Å²) in [6.45, 7) is 1.82. The van der Waals surface area contributed by atoms with Gasteiger partial charge in [-0.25, -0.2) is 0 Å². The first kappa shape index (κ1) is 14.5. The van der Waals surface area contributed by atoms with Crippen molar-refractivity contribution in [1.82, 2.24) is 25.9 Å². The summed E-state index contributed by atoms with van der Waals surface area (Å²) < 4.78 is 0. The van der Waals surface area contributed by atoms with Gasteiger partial charge in [-0.1, -0.05) is 28.9 Å². The summed E-state index contributed by atoms with van der Waals surface area (Å²) in [5.41, 5.74) is 1.17. The summed E-state index contributed by atoms with van der Waals surface area (Å²) in [5.74, 6) is 0.465. The van der Waals surface area contributed by atoms with Gasteiger partial charge < -0.3 is 5.32 Å². The van der Waals surface area contributed by atoms with E-state index in [0.717, 1.165) is 17.9 Å². The summed E-state index contributed by atoms with van der Waals surface area (Å²) in [4.78, 5) is 11.8. The molecule has 2 aromatic rings. The van der Waals surface area contributed by atoms with Crippen LogP contribution in [0.2, 0.25) is 5.02 Å². The second-order valence-corrected chi connectivity index (χ2v) is 4.98. The molecule has 1 aromatic heterocycles. The molecular weight excluding hydrogens is 278 g/mol. The van der Waals surface area contributed by atoms with Crippen LogP contribution in [0, 0.1) is 0 Å². The quantitative estimate of drug-likeness (QED) is 0.854. The summed E-state index contributed by atoms with van der Waals surface area (Å²) in [7, 11) is 0. The molecular formula is C13H16ClN5O. The Balaban J connectivity index is 1.71. The van der Waals surface area contributed by atoms with Gasteiger partial charge in [-0.05, 0) is 37.5 Å². The van der Waals surface area contributed by atoms with Crippen molar-refractivity contribution in [1.29, 1.82) is 0 Å². The largest absolute Gasteiger partial charge is 0.346 e. The van der Waals surface area contributed by atoms with Crippen molar-refractivity contribution < 1.29 is 4.79 Å². The number of carbonyl (C=O) groups is 1. The fourth-order valence-corrected chi connectivity index (χ4v) is 1.96. The average Bonchev–Trinajstić information content (AvgIpc) is 2.95. The minimum Gasteiger partial charge on any atom is -0.346 e. The molecule has 1 aromatic carbocycles. The van der Waals surface area contributed by atoms with Crippen molar-refractivity contribution in [2.24, 2.45) is 0 Å².